The fraction of sp³-hybridized carbons (Fsp3) is 0.667. The maximum Gasteiger partial charge on any atom is 0.226 e. The van der Waals surface area contributed by atoms with E-state index in [1.165, 1.54) is 36.8 Å². The summed E-state index contributed by atoms with van der Waals surface area (Å²) in [6.07, 6.45) is 5.92. The first-order valence-electron chi connectivity index (χ1n) is 9.83. The van der Waals surface area contributed by atoms with Crippen molar-refractivity contribution in [3.63, 3.8) is 0 Å². The van der Waals surface area contributed by atoms with E-state index in [0.717, 1.165) is 24.5 Å². The number of nitrogens with zero attached hydrogens (tertiary/aromatic N) is 1. The minimum atomic E-state index is 0.117. The van der Waals surface area contributed by atoms with E-state index in [-0.39, 0.29) is 17.4 Å². The SMILES string of the molecule is CC1CC1C(=O)N1CC2(CCCC2)c2cc3c(cc2C1C)OCCO3. The van der Waals surface area contributed by atoms with Crippen molar-refractivity contribution >= 4 is 5.91 Å². The first-order valence-corrected chi connectivity index (χ1v) is 9.83. The highest BCUT2D eigenvalue weighted by Gasteiger charge is 2.50. The largest absolute Gasteiger partial charge is 0.486 e. The molecule has 25 heavy (non-hydrogen) atoms. The third-order valence-electron chi connectivity index (χ3n) is 6.95. The van der Waals surface area contributed by atoms with Crippen LogP contribution in [0.3, 0.4) is 0 Å². The van der Waals surface area contributed by atoms with E-state index in [4.69, 9.17) is 9.47 Å². The Morgan fingerprint density at radius 2 is 1.76 bits per heavy atom. The standard InChI is InChI=1S/C21H27NO3/c1-13-9-15(13)20(23)22-12-21(5-3-4-6-21)17-11-19-18(24-7-8-25-19)10-16(17)14(22)2/h10-11,13-15H,3-9,12H2,1-2H3. The van der Waals surface area contributed by atoms with Crippen LogP contribution in [0.4, 0.5) is 0 Å². The summed E-state index contributed by atoms with van der Waals surface area (Å²) >= 11 is 0. The minimum Gasteiger partial charge on any atom is -0.486 e. The van der Waals surface area contributed by atoms with Crippen LogP contribution in [-0.4, -0.2) is 30.6 Å². The van der Waals surface area contributed by atoms with Gasteiger partial charge in [0.15, 0.2) is 11.5 Å². The number of ether oxygens (including phenoxy) is 2. The summed E-state index contributed by atoms with van der Waals surface area (Å²) in [5.41, 5.74) is 2.81. The number of carbonyl (C=O) groups excluding carboxylic acids is 1. The lowest BCUT2D eigenvalue weighted by atomic mass is 9.71. The van der Waals surface area contributed by atoms with Crippen molar-refractivity contribution in [2.45, 2.75) is 57.4 Å². The highest BCUT2D eigenvalue weighted by molar-refractivity contribution is 5.82. The maximum absolute atomic E-state index is 13.1. The van der Waals surface area contributed by atoms with Crippen LogP contribution in [0.15, 0.2) is 12.1 Å². The molecule has 4 aliphatic rings. The molecule has 134 valence electrons. The van der Waals surface area contributed by atoms with Gasteiger partial charge in [-0.25, -0.2) is 0 Å². The molecule has 4 heteroatoms. The number of rotatable bonds is 1. The Hall–Kier alpha value is -1.71. The Morgan fingerprint density at radius 1 is 1.12 bits per heavy atom. The van der Waals surface area contributed by atoms with E-state index in [1.54, 1.807) is 0 Å². The van der Waals surface area contributed by atoms with Crippen molar-refractivity contribution in [2.24, 2.45) is 11.8 Å². The Balaban J connectivity index is 1.60. The number of hydrogen-bond donors (Lipinski definition) is 0. The van der Waals surface area contributed by atoms with E-state index in [0.29, 0.717) is 25.0 Å². The van der Waals surface area contributed by atoms with Crippen molar-refractivity contribution < 1.29 is 14.3 Å². The van der Waals surface area contributed by atoms with Crippen molar-refractivity contribution in [1.82, 2.24) is 4.90 Å². The Labute approximate surface area is 149 Å². The smallest absolute Gasteiger partial charge is 0.226 e. The average Bonchev–Trinajstić information content (AvgIpc) is 3.17. The van der Waals surface area contributed by atoms with Gasteiger partial charge in [-0.3, -0.25) is 4.79 Å². The van der Waals surface area contributed by atoms with Gasteiger partial charge >= 0.3 is 0 Å². The molecule has 2 heterocycles. The zero-order valence-corrected chi connectivity index (χ0v) is 15.2. The third kappa shape index (κ3) is 2.29. The van der Waals surface area contributed by atoms with Crippen LogP contribution in [0.5, 0.6) is 11.5 Å². The summed E-state index contributed by atoms with van der Waals surface area (Å²) in [5.74, 6) is 2.91. The molecule has 1 spiro atoms. The second-order valence-electron chi connectivity index (χ2n) is 8.53. The summed E-state index contributed by atoms with van der Waals surface area (Å²) in [6.45, 7) is 6.48. The topological polar surface area (TPSA) is 38.8 Å². The van der Waals surface area contributed by atoms with Crippen molar-refractivity contribution in [2.75, 3.05) is 19.8 Å². The molecule has 1 aromatic rings. The predicted octanol–water partition coefficient (Wildman–Crippen LogP) is 3.83. The number of amides is 1. The molecule has 1 amide bonds. The van der Waals surface area contributed by atoms with Crippen molar-refractivity contribution in [3.8, 4) is 11.5 Å². The highest BCUT2D eigenvalue weighted by Crippen LogP contribution is 2.53. The molecule has 5 rings (SSSR count). The average molecular weight is 341 g/mol. The van der Waals surface area contributed by atoms with Gasteiger partial charge in [-0.05, 0) is 55.4 Å². The van der Waals surface area contributed by atoms with Gasteiger partial charge in [0.25, 0.3) is 0 Å². The predicted molar refractivity (Wildman–Crippen MR) is 95.0 cm³/mol. The fourth-order valence-electron chi connectivity index (χ4n) is 5.25. The summed E-state index contributed by atoms with van der Waals surface area (Å²) in [6, 6.07) is 4.51. The monoisotopic (exact) mass is 341 g/mol. The summed E-state index contributed by atoms with van der Waals surface area (Å²) < 4.78 is 11.7. The molecule has 0 aromatic heterocycles. The van der Waals surface area contributed by atoms with E-state index in [2.05, 4.69) is 30.9 Å². The van der Waals surface area contributed by atoms with Gasteiger partial charge in [0.1, 0.15) is 13.2 Å². The normalized spacial score (nSPS) is 31.8. The van der Waals surface area contributed by atoms with E-state index in [9.17, 15) is 4.79 Å². The van der Waals surface area contributed by atoms with Crippen LogP contribution in [0.25, 0.3) is 0 Å². The van der Waals surface area contributed by atoms with Crippen LogP contribution >= 0.6 is 0 Å². The second kappa shape index (κ2) is 5.39. The number of hydrogen-bond acceptors (Lipinski definition) is 3. The molecule has 0 bridgehead atoms. The van der Waals surface area contributed by atoms with E-state index in [1.807, 2.05) is 0 Å². The zero-order valence-electron chi connectivity index (χ0n) is 15.2. The highest BCUT2D eigenvalue weighted by atomic mass is 16.6. The van der Waals surface area contributed by atoms with Crippen LogP contribution in [-0.2, 0) is 10.2 Å². The molecule has 2 saturated carbocycles. The molecule has 2 aliphatic heterocycles. The summed E-state index contributed by atoms with van der Waals surface area (Å²) in [7, 11) is 0. The molecule has 3 unspecified atom stereocenters. The minimum absolute atomic E-state index is 0.117. The molecule has 0 N–H and O–H groups in total. The lowest BCUT2D eigenvalue weighted by Crippen LogP contribution is -2.49. The maximum atomic E-state index is 13.1. The number of fused-ring (bicyclic) bond motifs is 3. The van der Waals surface area contributed by atoms with Crippen LogP contribution in [0, 0.1) is 11.8 Å². The molecule has 0 radical (unpaired) electrons. The number of benzene rings is 1. The molecule has 2 fully saturated rings. The van der Waals surface area contributed by atoms with Gasteiger partial charge in [0, 0.05) is 17.9 Å². The number of carbonyl (C=O) groups is 1. The van der Waals surface area contributed by atoms with E-state index < -0.39 is 0 Å². The zero-order chi connectivity index (χ0) is 17.2. The van der Waals surface area contributed by atoms with E-state index >= 15 is 0 Å². The summed E-state index contributed by atoms with van der Waals surface area (Å²) in [4.78, 5) is 15.3. The van der Waals surface area contributed by atoms with Crippen LogP contribution < -0.4 is 9.47 Å². The van der Waals surface area contributed by atoms with Gasteiger partial charge in [-0.2, -0.15) is 0 Å². The molecule has 1 aromatic carbocycles. The Kier molecular flexibility index (Phi) is 3.35. The van der Waals surface area contributed by atoms with Gasteiger partial charge in [-0.15, -0.1) is 0 Å². The lowest BCUT2D eigenvalue weighted by Gasteiger charge is -2.46. The summed E-state index contributed by atoms with van der Waals surface area (Å²) in [5, 5.41) is 0. The second-order valence-corrected chi connectivity index (χ2v) is 8.53. The molecule has 0 saturated heterocycles. The first kappa shape index (κ1) is 15.5. The quantitative estimate of drug-likeness (QED) is 0.779. The van der Waals surface area contributed by atoms with Gasteiger partial charge in [0.2, 0.25) is 5.91 Å². The molecule has 4 nitrogen and oxygen atoms in total. The Bertz CT molecular complexity index is 722. The molecular formula is C21H27NO3. The first-order chi connectivity index (χ1) is 12.1. The Morgan fingerprint density at radius 3 is 2.40 bits per heavy atom. The molecular weight excluding hydrogens is 314 g/mol. The van der Waals surface area contributed by atoms with Gasteiger partial charge in [-0.1, -0.05) is 19.8 Å². The lowest BCUT2D eigenvalue weighted by molar-refractivity contribution is -0.136. The van der Waals surface area contributed by atoms with Crippen LogP contribution in [0.2, 0.25) is 0 Å². The molecule has 3 atom stereocenters. The molecule has 2 aliphatic carbocycles. The van der Waals surface area contributed by atoms with Crippen molar-refractivity contribution in [1.29, 1.82) is 0 Å². The van der Waals surface area contributed by atoms with Gasteiger partial charge < -0.3 is 14.4 Å². The van der Waals surface area contributed by atoms with Crippen LogP contribution in [0.1, 0.15) is 63.1 Å². The van der Waals surface area contributed by atoms with Crippen molar-refractivity contribution in [3.05, 3.63) is 23.3 Å². The van der Waals surface area contributed by atoms with Gasteiger partial charge in [0.05, 0.1) is 6.04 Å². The fourth-order valence-corrected chi connectivity index (χ4v) is 5.25. The third-order valence-corrected chi connectivity index (χ3v) is 6.95.